The van der Waals surface area contributed by atoms with Crippen LogP contribution in [0.5, 0.6) is 0 Å². The van der Waals surface area contributed by atoms with E-state index < -0.39 is 4.20 Å². The van der Waals surface area contributed by atoms with Crippen LogP contribution in [0.3, 0.4) is 0 Å². The molecule has 0 rings (SSSR count). The summed E-state index contributed by atoms with van der Waals surface area (Å²) < 4.78 is -0.561. The number of halogens is 1. The summed E-state index contributed by atoms with van der Waals surface area (Å²) in [7, 11) is 0. The third-order valence-corrected chi connectivity index (χ3v) is 1.07. The van der Waals surface area contributed by atoms with Gasteiger partial charge in [0.05, 0.1) is 0 Å². The Morgan fingerprint density at radius 3 is 1.88 bits per heavy atom. The largest absolute Gasteiger partial charge is 0.309 e. The van der Waals surface area contributed by atoms with Gasteiger partial charge in [-0.15, -0.1) is 37.7 Å². The highest BCUT2D eigenvalue weighted by Crippen LogP contribution is 2.17. The molecule has 8 heavy (non-hydrogen) atoms. The second-order valence-electron chi connectivity index (χ2n) is 1.63. The first-order valence-corrected chi connectivity index (χ1v) is 3.19. The Hall–Kier alpha value is 0.950. The minimum absolute atomic E-state index is 0. The van der Waals surface area contributed by atoms with E-state index in [1.807, 2.05) is 6.92 Å². The highest BCUT2D eigenvalue weighted by atomic mass is 35.5. The molecule has 0 fully saturated rings. The molecule has 0 unspecified atom stereocenters. The smallest absolute Gasteiger partial charge is 0.103 e. The van der Waals surface area contributed by atoms with Crippen molar-refractivity contribution in [2.24, 2.45) is 5.73 Å². The number of thiol groups is 2. The van der Waals surface area contributed by atoms with Crippen LogP contribution in [0.2, 0.25) is 0 Å². The van der Waals surface area contributed by atoms with Crippen molar-refractivity contribution in [1.82, 2.24) is 0 Å². The molecule has 52 valence electrons. The lowest BCUT2D eigenvalue weighted by Gasteiger charge is -2.13. The second kappa shape index (κ2) is 4.79. The summed E-state index contributed by atoms with van der Waals surface area (Å²) in [6.07, 6.45) is 1.88. The standard InChI is InChI=1S/C4H11NS2.ClH/c1-2-3-4(5,6)7;/h6-7H,2-3,5H2,1H3;1H. The minimum Gasteiger partial charge on any atom is -0.309 e. The maximum Gasteiger partial charge on any atom is 0.103 e. The van der Waals surface area contributed by atoms with E-state index in [1.165, 1.54) is 0 Å². The molecular formula is C4H12ClNS2. The van der Waals surface area contributed by atoms with Crippen LogP contribution in [0.1, 0.15) is 19.8 Å². The maximum atomic E-state index is 5.37. The third-order valence-electron chi connectivity index (χ3n) is 0.618. The van der Waals surface area contributed by atoms with Gasteiger partial charge in [0.25, 0.3) is 0 Å². The molecule has 0 aliphatic heterocycles. The fourth-order valence-corrected chi connectivity index (χ4v) is 0.815. The molecule has 0 aliphatic carbocycles. The van der Waals surface area contributed by atoms with Gasteiger partial charge in [0.15, 0.2) is 0 Å². The van der Waals surface area contributed by atoms with E-state index in [1.54, 1.807) is 0 Å². The van der Waals surface area contributed by atoms with Gasteiger partial charge in [-0.3, -0.25) is 0 Å². The quantitative estimate of drug-likeness (QED) is 0.430. The average molecular weight is 174 g/mol. The number of hydrogen-bond acceptors (Lipinski definition) is 3. The molecule has 0 saturated heterocycles. The molecule has 0 aliphatic rings. The molecule has 0 spiro atoms. The highest BCUT2D eigenvalue weighted by molar-refractivity contribution is 8.00. The van der Waals surface area contributed by atoms with Crippen LogP contribution in [-0.2, 0) is 0 Å². The van der Waals surface area contributed by atoms with Crippen molar-refractivity contribution in [3.63, 3.8) is 0 Å². The van der Waals surface area contributed by atoms with Gasteiger partial charge >= 0.3 is 0 Å². The van der Waals surface area contributed by atoms with Crippen molar-refractivity contribution in [3.05, 3.63) is 0 Å². The Kier molecular flexibility index (Phi) is 7.02. The van der Waals surface area contributed by atoms with Crippen LogP contribution >= 0.6 is 37.7 Å². The number of nitrogens with two attached hydrogens (primary N) is 1. The molecule has 4 heteroatoms. The monoisotopic (exact) mass is 173 g/mol. The molecule has 0 heterocycles. The Bertz CT molecular complexity index is 52.5. The first kappa shape index (κ1) is 11.7. The van der Waals surface area contributed by atoms with Crippen molar-refractivity contribution in [1.29, 1.82) is 0 Å². The summed E-state index contributed by atoms with van der Waals surface area (Å²) in [4.78, 5) is 0. The molecule has 0 aromatic heterocycles. The lowest BCUT2D eigenvalue weighted by molar-refractivity contribution is 0.731. The zero-order valence-electron chi connectivity index (χ0n) is 4.79. The molecule has 0 radical (unpaired) electrons. The molecule has 0 aromatic carbocycles. The van der Waals surface area contributed by atoms with Crippen LogP contribution < -0.4 is 5.73 Å². The van der Waals surface area contributed by atoms with E-state index >= 15 is 0 Å². The molecule has 0 saturated carbocycles. The Balaban J connectivity index is 0. The van der Waals surface area contributed by atoms with Crippen molar-refractivity contribution in [3.8, 4) is 0 Å². The van der Waals surface area contributed by atoms with Gasteiger partial charge in [-0.25, -0.2) is 0 Å². The molecule has 1 nitrogen and oxygen atoms in total. The lowest BCUT2D eigenvalue weighted by atomic mass is 10.3. The van der Waals surface area contributed by atoms with E-state index in [9.17, 15) is 0 Å². The van der Waals surface area contributed by atoms with Crippen LogP contribution in [0.15, 0.2) is 0 Å². The van der Waals surface area contributed by atoms with E-state index in [4.69, 9.17) is 5.73 Å². The summed E-state index contributed by atoms with van der Waals surface area (Å²) in [5.74, 6) is 0. The molecule has 0 bridgehead atoms. The molecule has 0 atom stereocenters. The number of rotatable bonds is 2. The Morgan fingerprint density at radius 2 is 1.88 bits per heavy atom. The minimum atomic E-state index is -0.561. The molecular weight excluding hydrogens is 162 g/mol. The third kappa shape index (κ3) is 10.0. The maximum absolute atomic E-state index is 5.37. The van der Waals surface area contributed by atoms with E-state index in [2.05, 4.69) is 25.3 Å². The van der Waals surface area contributed by atoms with Crippen molar-refractivity contribution in [2.45, 2.75) is 24.0 Å². The normalized spacial score (nSPS) is 10.5. The fourth-order valence-electron chi connectivity index (χ4n) is 0.368. The fraction of sp³-hybridized carbons (Fsp3) is 1.00. The Morgan fingerprint density at radius 1 is 1.50 bits per heavy atom. The lowest BCUT2D eigenvalue weighted by Crippen LogP contribution is -2.24. The summed E-state index contributed by atoms with van der Waals surface area (Å²) >= 11 is 7.95. The molecule has 0 amide bonds. The molecule has 0 aromatic rings. The first-order chi connectivity index (χ1) is 3.06. The van der Waals surface area contributed by atoms with Gasteiger partial charge in [-0.2, -0.15) is 0 Å². The summed E-state index contributed by atoms with van der Waals surface area (Å²) in [5, 5.41) is 0. The van der Waals surface area contributed by atoms with Gasteiger partial charge in [-0.05, 0) is 6.42 Å². The van der Waals surface area contributed by atoms with Crippen LogP contribution in [0.4, 0.5) is 0 Å². The summed E-state index contributed by atoms with van der Waals surface area (Å²) in [6, 6.07) is 0. The van der Waals surface area contributed by atoms with Gasteiger partial charge in [0, 0.05) is 0 Å². The van der Waals surface area contributed by atoms with Crippen molar-refractivity contribution in [2.75, 3.05) is 0 Å². The van der Waals surface area contributed by atoms with Crippen LogP contribution in [0, 0.1) is 0 Å². The zero-order chi connectivity index (χ0) is 5.91. The summed E-state index contributed by atoms with van der Waals surface area (Å²) in [5.41, 5.74) is 5.37. The Labute approximate surface area is 67.6 Å². The van der Waals surface area contributed by atoms with Gasteiger partial charge in [0.2, 0.25) is 0 Å². The van der Waals surface area contributed by atoms with E-state index in [0.717, 1.165) is 12.8 Å². The van der Waals surface area contributed by atoms with Crippen LogP contribution in [0.25, 0.3) is 0 Å². The predicted octanol–water partition coefficient (Wildman–Crippen LogP) is 1.68. The van der Waals surface area contributed by atoms with Crippen molar-refractivity contribution >= 4 is 37.7 Å². The van der Waals surface area contributed by atoms with E-state index in [0.29, 0.717) is 0 Å². The number of hydrogen-bond donors (Lipinski definition) is 3. The second-order valence-corrected chi connectivity index (χ2v) is 3.58. The van der Waals surface area contributed by atoms with Crippen molar-refractivity contribution < 1.29 is 0 Å². The van der Waals surface area contributed by atoms with Gasteiger partial charge in [0.1, 0.15) is 4.20 Å². The van der Waals surface area contributed by atoms with Gasteiger partial charge in [-0.1, -0.05) is 13.3 Å². The predicted molar refractivity (Wildman–Crippen MR) is 47.0 cm³/mol. The van der Waals surface area contributed by atoms with Crippen LogP contribution in [-0.4, -0.2) is 4.20 Å². The zero-order valence-corrected chi connectivity index (χ0v) is 7.40. The van der Waals surface area contributed by atoms with Gasteiger partial charge < -0.3 is 5.73 Å². The first-order valence-electron chi connectivity index (χ1n) is 2.30. The summed E-state index contributed by atoms with van der Waals surface area (Å²) in [6.45, 7) is 2.05. The SMILES string of the molecule is CCCC(N)(S)S.Cl. The topological polar surface area (TPSA) is 26.0 Å². The van der Waals surface area contributed by atoms with E-state index in [-0.39, 0.29) is 12.4 Å². The highest BCUT2D eigenvalue weighted by Gasteiger charge is 2.09. The average Bonchev–Trinajstić information content (AvgIpc) is 1.30. The molecule has 2 N–H and O–H groups in total.